The number of carbonyl (C=O) groups excluding carboxylic acids is 2. The van der Waals surface area contributed by atoms with Gasteiger partial charge in [-0.15, -0.1) is 0 Å². The summed E-state index contributed by atoms with van der Waals surface area (Å²) in [5, 5.41) is 17.1. The fourth-order valence-corrected chi connectivity index (χ4v) is 5.81. The van der Waals surface area contributed by atoms with Crippen molar-refractivity contribution in [1.29, 1.82) is 0 Å². The fraction of sp³-hybridized carbons (Fsp3) is 0.103. The van der Waals surface area contributed by atoms with Crippen LogP contribution in [0.4, 0.5) is 16.2 Å². The first kappa shape index (κ1) is 30.5. The quantitative estimate of drug-likeness (QED) is 0.188. The van der Waals surface area contributed by atoms with Gasteiger partial charge in [0.2, 0.25) is 9.84 Å². The predicted molar refractivity (Wildman–Crippen MR) is 159 cm³/mol. The lowest BCUT2D eigenvalue weighted by Crippen LogP contribution is -2.44. The van der Waals surface area contributed by atoms with Gasteiger partial charge in [0, 0.05) is 18.3 Å². The van der Waals surface area contributed by atoms with Gasteiger partial charge < -0.3 is 21.1 Å². The molecule has 0 fully saturated rings. The largest absolute Gasteiger partial charge is 0.480 e. The van der Waals surface area contributed by atoms with Gasteiger partial charge in [0.15, 0.2) is 5.03 Å². The van der Waals surface area contributed by atoms with Crippen molar-refractivity contribution in [2.45, 2.75) is 29.3 Å². The number of nitrogens with one attached hydrogen (secondary N) is 3. The number of amides is 3. The highest BCUT2D eigenvalue weighted by Crippen LogP contribution is 2.27. The highest BCUT2D eigenvalue weighted by atomic mass is 35.5. The van der Waals surface area contributed by atoms with E-state index in [-0.39, 0.29) is 37.6 Å². The topological polar surface area (TPSA) is 155 Å². The van der Waals surface area contributed by atoms with E-state index in [1.54, 1.807) is 54.6 Å². The Morgan fingerprint density at radius 1 is 0.881 bits per heavy atom. The lowest BCUT2D eigenvalue weighted by molar-refractivity contribution is -0.139. The first-order chi connectivity index (χ1) is 20.0. The van der Waals surface area contributed by atoms with E-state index in [1.807, 2.05) is 6.92 Å². The highest BCUT2D eigenvalue weighted by Gasteiger charge is 2.26. The lowest BCUT2D eigenvalue weighted by Gasteiger charge is -2.17. The van der Waals surface area contributed by atoms with Crippen LogP contribution in [-0.4, -0.2) is 42.5 Å². The number of aromatic nitrogens is 1. The second-order valence-corrected chi connectivity index (χ2v) is 11.8. The second kappa shape index (κ2) is 13.0. The Balaban J connectivity index is 1.43. The predicted octanol–water partition coefficient (Wildman–Crippen LogP) is 5.60. The number of aliphatic carboxylic acids is 1. The van der Waals surface area contributed by atoms with Crippen molar-refractivity contribution in [3.8, 4) is 0 Å². The zero-order valence-corrected chi connectivity index (χ0v) is 24.3. The number of rotatable bonds is 9. The summed E-state index contributed by atoms with van der Waals surface area (Å²) in [7, 11) is -4.08. The summed E-state index contributed by atoms with van der Waals surface area (Å²) in [6.07, 6.45) is 1.17. The van der Waals surface area contributed by atoms with E-state index in [2.05, 4.69) is 20.9 Å². The zero-order chi connectivity index (χ0) is 30.4. The molecular weight excluding hydrogens is 603 g/mol. The molecule has 1 aromatic heterocycles. The molecule has 0 aliphatic rings. The number of sulfone groups is 1. The van der Waals surface area contributed by atoms with Crippen molar-refractivity contribution >= 4 is 62.3 Å². The molecule has 4 aromatic rings. The molecule has 0 saturated heterocycles. The summed E-state index contributed by atoms with van der Waals surface area (Å²) in [4.78, 5) is 41.2. The standard InChI is InChI=1S/C29H24Cl2N4O6S/c1-17-7-13-20(14-8-17)42(40,41)27-23(6-3-15-32-27)34-29(39)35-24(28(37)38)16-18-9-11-19(12-10-18)33-26(36)25-21(30)4-2-5-22(25)31/h2-15,24H,16H2,1H3,(H,33,36)(H,37,38)(H2,34,35,39)/t24-/m0/s1. The van der Waals surface area contributed by atoms with Gasteiger partial charge >= 0.3 is 12.0 Å². The van der Waals surface area contributed by atoms with Crippen LogP contribution in [0.25, 0.3) is 0 Å². The molecule has 42 heavy (non-hydrogen) atoms. The number of nitrogens with zero attached hydrogens (tertiary/aromatic N) is 1. The van der Waals surface area contributed by atoms with E-state index in [4.69, 9.17) is 23.2 Å². The Morgan fingerprint density at radius 3 is 2.14 bits per heavy atom. The van der Waals surface area contributed by atoms with Gasteiger partial charge in [-0.05, 0) is 61.0 Å². The Hall–Kier alpha value is -4.45. The van der Waals surface area contributed by atoms with Crippen LogP contribution in [0.5, 0.6) is 0 Å². The van der Waals surface area contributed by atoms with Crippen molar-refractivity contribution in [2.75, 3.05) is 10.6 Å². The zero-order valence-electron chi connectivity index (χ0n) is 22.0. The summed E-state index contributed by atoms with van der Waals surface area (Å²) in [5.74, 6) is -1.83. The third kappa shape index (κ3) is 7.24. The molecule has 1 heterocycles. The Bertz CT molecular complexity index is 1730. The molecule has 4 N–H and O–H groups in total. The Morgan fingerprint density at radius 2 is 1.52 bits per heavy atom. The maximum atomic E-state index is 13.2. The van der Waals surface area contributed by atoms with Crippen molar-refractivity contribution < 1.29 is 27.9 Å². The lowest BCUT2D eigenvalue weighted by atomic mass is 10.1. The molecule has 0 aliphatic heterocycles. The summed E-state index contributed by atoms with van der Waals surface area (Å²) in [6, 6.07) is 17.7. The Labute approximate surface area is 251 Å². The number of carboxylic acid groups (broad SMARTS) is 1. The molecule has 0 aliphatic carbocycles. The molecule has 0 radical (unpaired) electrons. The number of benzene rings is 3. The highest BCUT2D eigenvalue weighted by molar-refractivity contribution is 7.91. The van der Waals surface area contributed by atoms with E-state index in [0.717, 1.165) is 5.56 Å². The number of carboxylic acids is 1. The van der Waals surface area contributed by atoms with Crippen LogP contribution >= 0.6 is 23.2 Å². The number of hydrogen-bond acceptors (Lipinski definition) is 6. The number of urea groups is 1. The first-order valence-electron chi connectivity index (χ1n) is 12.4. The molecule has 0 unspecified atom stereocenters. The van der Waals surface area contributed by atoms with Gasteiger partial charge in [0.25, 0.3) is 5.91 Å². The summed E-state index contributed by atoms with van der Waals surface area (Å²) in [5.41, 5.74) is 1.83. The van der Waals surface area contributed by atoms with E-state index < -0.39 is 33.8 Å². The molecule has 4 rings (SSSR count). The summed E-state index contributed by atoms with van der Waals surface area (Å²) < 4.78 is 26.3. The molecule has 0 spiro atoms. The van der Waals surface area contributed by atoms with E-state index in [0.29, 0.717) is 11.3 Å². The van der Waals surface area contributed by atoms with Gasteiger partial charge in [-0.2, -0.15) is 0 Å². The minimum atomic E-state index is -4.08. The average Bonchev–Trinajstić information content (AvgIpc) is 2.94. The molecule has 1 atom stereocenters. The van der Waals surface area contributed by atoms with Crippen molar-refractivity contribution in [1.82, 2.24) is 10.3 Å². The summed E-state index contributed by atoms with van der Waals surface area (Å²) >= 11 is 12.2. The molecular formula is C29H24Cl2N4O6S. The number of pyridine rings is 1. The molecule has 3 amide bonds. The van der Waals surface area contributed by atoms with Crippen LogP contribution in [0.2, 0.25) is 10.0 Å². The second-order valence-electron chi connectivity index (χ2n) is 9.11. The van der Waals surface area contributed by atoms with Gasteiger partial charge in [-0.1, -0.05) is 59.1 Å². The van der Waals surface area contributed by atoms with Crippen molar-refractivity contribution in [2.24, 2.45) is 0 Å². The van der Waals surface area contributed by atoms with Crippen LogP contribution in [0, 0.1) is 6.92 Å². The molecule has 10 nitrogen and oxygen atoms in total. The maximum absolute atomic E-state index is 13.2. The molecule has 13 heteroatoms. The van der Waals surface area contributed by atoms with Crippen LogP contribution in [0.1, 0.15) is 21.5 Å². The van der Waals surface area contributed by atoms with Crippen LogP contribution < -0.4 is 16.0 Å². The van der Waals surface area contributed by atoms with E-state index in [1.165, 1.54) is 30.5 Å². The molecule has 0 bridgehead atoms. The Kier molecular flexibility index (Phi) is 9.46. The van der Waals surface area contributed by atoms with Gasteiger partial charge in [0.05, 0.1) is 26.2 Å². The van der Waals surface area contributed by atoms with Crippen molar-refractivity contribution in [3.05, 3.63) is 112 Å². The minimum Gasteiger partial charge on any atom is -0.480 e. The molecule has 216 valence electrons. The van der Waals surface area contributed by atoms with Crippen LogP contribution in [0.15, 0.2) is 95.0 Å². The number of halogens is 2. The number of carbonyl (C=O) groups is 3. The van der Waals surface area contributed by atoms with Gasteiger partial charge in [-0.25, -0.2) is 23.0 Å². The number of anilines is 2. The SMILES string of the molecule is Cc1ccc(S(=O)(=O)c2ncccc2NC(=O)N[C@@H](Cc2ccc(NC(=O)c3c(Cl)cccc3Cl)cc2)C(=O)O)cc1. The maximum Gasteiger partial charge on any atom is 0.326 e. The first-order valence-corrected chi connectivity index (χ1v) is 14.6. The number of aryl methyl sites for hydroxylation is 1. The van der Waals surface area contributed by atoms with Crippen molar-refractivity contribution in [3.63, 3.8) is 0 Å². The monoisotopic (exact) mass is 626 g/mol. The third-order valence-corrected chi connectivity index (χ3v) is 8.41. The van der Waals surface area contributed by atoms with Crippen LogP contribution in [-0.2, 0) is 21.1 Å². The summed E-state index contributed by atoms with van der Waals surface area (Å²) in [6.45, 7) is 1.82. The van der Waals surface area contributed by atoms with Gasteiger partial charge in [0.1, 0.15) is 6.04 Å². The van der Waals surface area contributed by atoms with Gasteiger partial charge in [-0.3, -0.25) is 4.79 Å². The molecule has 0 saturated carbocycles. The molecule has 3 aromatic carbocycles. The smallest absolute Gasteiger partial charge is 0.326 e. The fourth-order valence-electron chi connectivity index (χ4n) is 3.91. The van der Waals surface area contributed by atoms with Crippen LogP contribution in [0.3, 0.4) is 0 Å². The normalized spacial score (nSPS) is 11.8. The van der Waals surface area contributed by atoms with E-state index in [9.17, 15) is 27.9 Å². The average molecular weight is 628 g/mol. The number of hydrogen-bond donors (Lipinski definition) is 4. The third-order valence-electron chi connectivity index (χ3n) is 6.05. The minimum absolute atomic E-state index is 0.00623. The van der Waals surface area contributed by atoms with E-state index >= 15 is 0 Å².